The standard InChI is InChI=1S/C37H41N3O6/c1-24-34(22-40-16-14-29-17-32(43-2)33(44-3)18-31(29)21-40)45-37(46-35(24)27-10-8-26(23-41)9-11-27)28-12-6-25(7-13-28)19-39-36(42)30-5-4-15-38-20-30/h4-13,15,17-18,20,24,34-35,37,41H,14,16,19,21-23H2,1-3H3,(H,39,42). The largest absolute Gasteiger partial charge is 0.493 e. The smallest absolute Gasteiger partial charge is 0.253 e. The van der Waals surface area contributed by atoms with Crippen LogP contribution in [0.25, 0.3) is 0 Å². The SMILES string of the molecule is COc1cc2c(cc1OC)CN(CC1OC(c3ccc(CNC(=O)c4cccnc4)cc3)OC(c3ccc(CO)cc3)C1C)CC2. The van der Waals surface area contributed by atoms with Gasteiger partial charge >= 0.3 is 0 Å². The van der Waals surface area contributed by atoms with Crippen molar-refractivity contribution in [2.24, 2.45) is 5.92 Å². The van der Waals surface area contributed by atoms with Crippen molar-refractivity contribution in [2.45, 2.75) is 51.5 Å². The molecule has 3 heterocycles. The normalized spacial score (nSPS) is 21.3. The maximum atomic E-state index is 12.5. The first kappa shape index (κ1) is 31.7. The molecule has 0 radical (unpaired) electrons. The first-order chi connectivity index (χ1) is 22.4. The number of aliphatic hydroxyl groups is 1. The van der Waals surface area contributed by atoms with Crippen molar-refractivity contribution in [3.63, 3.8) is 0 Å². The highest BCUT2D eigenvalue weighted by atomic mass is 16.7. The first-order valence-corrected chi connectivity index (χ1v) is 15.7. The van der Waals surface area contributed by atoms with Crippen LogP contribution in [0.3, 0.4) is 0 Å². The zero-order valence-electron chi connectivity index (χ0n) is 26.5. The van der Waals surface area contributed by atoms with Crippen molar-refractivity contribution in [2.75, 3.05) is 27.3 Å². The van der Waals surface area contributed by atoms with Gasteiger partial charge in [-0.3, -0.25) is 14.7 Å². The Kier molecular flexibility index (Phi) is 9.94. The van der Waals surface area contributed by atoms with Crippen LogP contribution in [-0.4, -0.2) is 54.3 Å². The molecule has 4 aromatic rings. The van der Waals surface area contributed by atoms with Crippen molar-refractivity contribution in [1.29, 1.82) is 0 Å². The predicted octanol–water partition coefficient (Wildman–Crippen LogP) is 5.37. The van der Waals surface area contributed by atoms with Crippen molar-refractivity contribution in [1.82, 2.24) is 15.2 Å². The van der Waals surface area contributed by atoms with Gasteiger partial charge in [-0.15, -0.1) is 0 Å². The summed E-state index contributed by atoms with van der Waals surface area (Å²) in [7, 11) is 3.34. The Balaban J connectivity index is 1.19. The number of benzene rings is 3. The molecule has 3 aromatic carbocycles. The van der Waals surface area contributed by atoms with Gasteiger partial charge in [0.25, 0.3) is 5.91 Å². The lowest BCUT2D eigenvalue weighted by Crippen LogP contribution is -2.45. The molecule has 0 saturated carbocycles. The van der Waals surface area contributed by atoms with E-state index in [1.54, 1.807) is 38.7 Å². The fourth-order valence-corrected chi connectivity index (χ4v) is 6.25. The molecular weight excluding hydrogens is 582 g/mol. The van der Waals surface area contributed by atoms with Gasteiger partial charge in [-0.2, -0.15) is 0 Å². The lowest BCUT2D eigenvalue weighted by atomic mass is 9.89. The van der Waals surface area contributed by atoms with Gasteiger partial charge in [-0.25, -0.2) is 0 Å². The van der Waals surface area contributed by atoms with Crippen LogP contribution in [0.5, 0.6) is 11.5 Å². The third kappa shape index (κ3) is 7.08. The van der Waals surface area contributed by atoms with Gasteiger partial charge in [-0.05, 0) is 58.5 Å². The molecule has 46 heavy (non-hydrogen) atoms. The summed E-state index contributed by atoms with van der Waals surface area (Å²) in [6.07, 6.45) is 3.26. The molecule has 0 aliphatic carbocycles. The summed E-state index contributed by atoms with van der Waals surface area (Å²) < 4.78 is 24.5. The minimum atomic E-state index is -0.566. The average Bonchev–Trinajstić information content (AvgIpc) is 3.11. The summed E-state index contributed by atoms with van der Waals surface area (Å²) in [5.74, 6) is 1.41. The van der Waals surface area contributed by atoms with Crippen LogP contribution in [0.4, 0.5) is 0 Å². The van der Waals surface area contributed by atoms with Gasteiger partial charge in [0, 0.05) is 50.1 Å². The summed E-state index contributed by atoms with van der Waals surface area (Å²) in [5, 5.41) is 12.5. The molecule has 240 valence electrons. The van der Waals surface area contributed by atoms with E-state index in [0.29, 0.717) is 12.1 Å². The number of nitrogens with zero attached hydrogens (tertiary/aromatic N) is 2. The van der Waals surface area contributed by atoms with E-state index in [1.807, 2.05) is 48.5 Å². The second kappa shape index (κ2) is 14.4. The number of ether oxygens (including phenoxy) is 4. The number of amides is 1. The highest BCUT2D eigenvalue weighted by Gasteiger charge is 2.39. The zero-order valence-corrected chi connectivity index (χ0v) is 26.5. The van der Waals surface area contributed by atoms with E-state index in [2.05, 4.69) is 34.3 Å². The number of hydrogen-bond acceptors (Lipinski definition) is 8. The number of hydrogen-bond donors (Lipinski definition) is 2. The van der Waals surface area contributed by atoms with E-state index >= 15 is 0 Å². The summed E-state index contributed by atoms with van der Waals surface area (Å²) in [6, 6.07) is 23.6. The Morgan fingerprint density at radius 3 is 2.33 bits per heavy atom. The number of aliphatic hydroxyl groups excluding tert-OH is 1. The maximum absolute atomic E-state index is 12.5. The Morgan fingerprint density at radius 1 is 0.957 bits per heavy atom. The minimum absolute atomic E-state index is 0.00213. The second-order valence-electron chi connectivity index (χ2n) is 11.9. The molecule has 1 saturated heterocycles. The highest BCUT2D eigenvalue weighted by Crippen LogP contribution is 2.42. The number of nitrogens with one attached hydrogen (secondary N) is 1. The van der Waals surface area contributed by atoms with E-state index < -0.39 is 6.29 Å². The quantitative estimate of drug-likeness (QED) is 0.243. The summed E-state index contributed by atoms with van der Waals surface area (Å²) in [6.45, 7) is 5.04. The topological polar surface area (TPSA) is 102 Å². The minimum Gasteiger partial charge on any atom is -0.493 e. The molecule has 4 unspecified atom stereocenters. The maximum Gasteiger partial charge on any atom is 0.253 e. The van der Waals surface area contributed by atoms with Crippen LogP contribution >= 0.6 is 0 Å². The van der Waals surface area contributed by atoms with E-state index in [-0.39, 0.29) is 30.6 Å². The predicted molar refractivity (Wildman–Crippen MR) is 173 cm³/mol. The first-order valence-electron chi connectivity index (χ1n) is 15.7. The summed E-state index contributed by atoms with van der Waals surface area (Å²) in [4.78, 5) is 18.9. The Hall–Kier alpha value is -4.28. The molecule has 9 heteroatoms. The van der Waals surface area contributed by atoms with Gasteiger partial charge in [0.15, 0.2) is 17.8 Å². The monoisotopic (exact) mass is 623 g/mol. The fourth-order valence-electron chi connectivity index (χ4n) is 6.25. The average molecular weight is 624 g/mol. The van der Waals surface area contributed by atoms with Crippen molar-refractivity contribution in [3.05, 3.63) is 124 Å². The summed E-state index contributed by atoms with van der Waals surface area (Å²) in [5.41, 5.74) is 6.85. The van der Waals surface area contributed by atoms with Gasteiger partial charge in [0.05, 0.1) is 38.6 Å². The van der Waals surface area contributed by atoms with E-state index in [4.69, 9.17) is 18.9 Å². The van der Waals surface area contributed by atoms with Gasteiger partial charge in [-0.1, -0.05) is 55.5 Å². The molecule has 2 aliphatic rings. The lowest BCUT2D eigenvalue weighted by Gasteiger charge is -2.43. The molecule has 1 aromatic heterocycles. The van der Waals surface area contributed by atoms with Crippen molar-refractivity contribution in [3.8, 4) is 11.5 Å². The Labute approximate surface area is 270 Å². The second-order valence-corrected chi connectivity index (χ2v) is 11.9. The third-order valence-electron chi connectivity index (χ3n) is 8.99. The van der Waals surface area contributed by atoms with Gasteiger partial charge in [0.2, 0.25) is 0 Å². The van der Waals surface area contributed by atoms with Crippen molar-refractivity contribution < 1.29 is 28.8 Å². The molecule has 9 nitrogen and oxygen atoms in total. The number of aromatic nitrogens is 1. The van der Waals surface area contributed by atoms with Crippen LogP contribution < -0.4 is 14.8 Å². The number of methoxy groups -OCH3 is 2. The van der Waals surface area contributed by atoms with Crippen LogP contribution in [0.1, 0.15) is 63.1 Å². The Bertz CT molecular complexity index is 1610. The van der Waals surface area contributed by atoms with Crippen LogP contribution in [0.15, 0.2) is 85.2 Å². The molecule has 6 rings (SSSR count). The highest BCUT2D eigenvalue weighted by molar-refractivity contribution is 5.93. The van der Waals surface area contributed by atoms with Crippen molar-refractivity contribution >= 4 is 5.91 Å². The lowest BCUT2D eigenvalue weighted by molar-refractivity contribution is -0.276. The Morgan fingerprint density at radius 2 is 1.65 bits per heavy atom. The fraction of sp³-hybridized carbons (Fsp3) is 0.351. The number of fused-ring (bicyclic) bond motifs is 1. The molecule has 4 atom stereocenters. The number of rotatable bonds is 10. The van der Waals surface area contributed by atoms with Gasteiger partial charge in [0.1, 0.15) is 0 Å². The van der Waals surface area contributed by atoms with E-state index in [9.17, 15) is 9.90 Å². The number of carbonyl (C=O) groups excluding carboxylic acids is 1. The molecule has 1 fully saturated rings. The van der Waals surface area contributed by atoms with E-state index in [1.165, 1.54) is 11.1 Å². The van der Waals surface area contributed by atoms with Crippen LogP contribution in [-0.2, 0) is 35.6 Å². The molecule has 0 spiro atoms. The van der Waals surface area contributed by atoms with Crippen LogP contribution in [0.2, 0.25) is 0 Å². The number of carbonyl (C=O) groups is 1. The molecule has 2 aliphatic heterocycles. The third-order valence-corrected chi connectivity index (χ3v) is 8.99. The van der Waals surface area contributed by atoms with E-state index in [0.717, 1.165) is 59.8 Å². The molecule has 1 amide bonds. The zero-order chi connectivity index (χ0) is 32.0. The van der Waals surface area contributed by atoms with Gasteiger partial charge < -0.3 is 29.4 Å². The number of pyridine rings is 1. The molecule has 0 bridgehead atoms. The summed E-state index contributed by atoms with van der Waals surface area (Å²) >= 11 is 0. The molecular formula is C37H41N3O6. The van der Waals surface area contributed by atoms with Crippen LogP contribution in [0, 0.1) is 5.92 Å². The molecule has 2 N–H and O–H groups in total.